The fraction of sp³-hybridized carbons (Fsp3) is 0.545. The molecule has 1 aromatic heterocycles. The van der Waals surface area contributed by atoms with E-state index in [-0.39, 0.29) is 5.91 Å². The Balaban J connectivity index is 1.43. The maximum Gasteiger partial charge on any atom is 0.233 e. The van der Waals surface area contributed by atoms with Gasteiger partial charge in [-0.1, -0.05) is 43.2 Å². The molecule has 0 radical (unpaired) electrons. The molecule has 0 atom stereocenters. The number of aryl methyl sites for hydroxylation is 1. The second-order valence-electron chi connectivity index (χ2n) is 7.79. The van der Waals surface area contributed by atoms with Gasteiger partial charge in [0.15, 0.2) is 0 Å². The normalized spacial score (nSPS) is 16.6. The van der Waals surface area contributed by atoms with Crippen LogP contribution in [0.1, 0.15) is 54.6 Å². The molecule has 2 aromatic rings. The minimum absolute atomic E-state index is 0.278. The molecule has 0 spiro atoms. The lowest BCUT2D eigenvalue weighted by molar-refractivity contribution is -0.131. The second kappa shape index (κ2) is 8.51. The lowest BCUT2D eigenvalue weighted by atomic mass is 10.1. The summed E-state index contributed by atoms with van der Waals surface area (Å²) in [5, 5.41) is 4.77. The molecule has 5 heteroatoms. The molecule has 0 saturated heterocycles. The maximum absolute atomic E-state index is 13.1. The molecule has 0 aliphatic heterocycles. The van der Waals surface area contributed by atoms with Gasteiger partial charge in [0, 0.05) is 24.5 Å². The van der Waals surface area contributed by atoms with Gasteiger partial charge in [-0.25, -0.2) is 0 Å². The summed E-state index contributed by atoms with van der Waals surface area (Å²) in [6.45, 7) is 0.693. The summed E-state index contributed by atoms with van der Waals surface area (Å²) in [7, 11) is 2.05. The zero-order valence-corrected chi connectivity index (χ0v) is 17.0. The van der Waals surface area contributed by atoms with Gasteiger partial charge in [-0.2, -0.15) is 5.10 Å². The third kappa shape index (κ3) is 4.23. The van der Waals surface area contributed by atoms with Crippen LogP contribution in [-0.4, -0.2) is 32.4 Å². The Kier molecular flexibility index (Phi) is 5.86. The van der Waals surface area contributed by atoms with Crippen molar-refractivity contribution in [1.29, 1.82) is 0 Å². The number of hydrogen-bond donors (Lipinski definition) is 0. The number of amides is 1. The Hall–Kier alpha value is -1.75. The zero-order valence-electron chi connectivity index (χ0n) is 16.2. The average molecular weight is 384 g/mol. The smallest absolute Gasteiger partial charge is 0.233 e. The maximum atomic E-state index is 13.1. The van der Waals surface area contributed by atoms with Gasteiger partial charge in [0.25, 0.3) is 0 Å². The van der Waals surface area contributed by atoms with E-state index >= 15 is 0 Å². The van der Waals surface area contributed by atoms with E-state index in [1.807, 2.05) is 17.8 Å². The molecular formula is C22H29N3OS. The second-order valence-corrected chi connectivity index (χ2v) is 8.77. The molecule has 1 saturated carbocycles. The number of aromatic nitrogens is 2. The third-order valence-electron chi connectivity index (χ3n) is 5.94. The van der Waals surface area contributed by atoms with Gasteiger partial charge in [-0.15, -0.1) is 11.8 Å². The van der Waals surface area contributed by atoms with Crippen LogP contribution in [0.2, 0.25) is 0 Å². The van der Waals surface area contributed by atoms with Gasteiger partial charge in [0.05, 0.1) is 18.0 Å². The number of benzene rings is 1. The first kappa shape index (κ1) is 18.6. The average Bonchev–Trinajstić information content (AvgIpc) is 3.41. The van der Waals surface area contributed by atoms with E-state index in [4.69, 9.17) is 5.10 Å². The van der Waals surface area contributed by atoms with Crippen molar-refractivity contribution >= 4 is 17.7 Å². The molecule has 2 aliphatic rings. The molecule has 4 rings (SSSR count). The minimum Gasteiger partial charge on any atom is -0.333 e. The summed E-state index contributed by atoms with van der Waals surface area (Å²) in [6.07, 6.45) is 8.24. The number of carbonyl (C=O) groups is 1. The molecule has 1 fully saturated rings. The van der Waals surface area contributed by atoms with Crippen LogP contribution in [0.5, 0.6) is 0 Å². The van der Waals surface area contributed by atoms with Crippen molar-refractivity contribution in [2.24, 2.45) is 7.05 Å². The van der Waals surface area contributed by atoms with Gasteiger partial charge < -0.3 is 4.90 Å². The molecule has 144 valence electrons. The topological polar surface area (TPSA) is 38.1 Å². The van der Waals surface area contributed by atoms with Crippen molar-refractivity contribution in [2.45, 2.75) is 63.3 Å². The highest BCUT2D eigenvalue weighted by atomic mass is 32.2. The van der Waals surface area contributed by atoms with Crippen LogP contribution in [-0.2, 0) is 37.0 Å². The number of rotatable bonds is 7. The van der Waals surface area contributed by atoms with Gasteiger partial charge in [-0.05, 0) is 43.2 Å². The van der Waals surface area contributed by atoms with Crippen LogP contribution < -0.4 is 0 Å². The number of fused-ring (bicyclic) bond motifs is 1. The van der Waals surface area contributed by atoms with Gasteiger partial charge in [0.2, 0.25) is 5.91 Å². The van der Waals surface area contributed by atoms with Crippen molar-refractivity contribution in [3.05, 3.63) is 52.8 Å². The van der Waals surface area contributed by atoms with Gasteiger partial charge in [0.1, 0.15) is 0 Å². The highest BCUT2D eigenvalue weighted by Gasteiger charge is 2.29. The first-order chi connectivity index (χ1) is 13.2. The van der Waals surface area contributed by atoms with Crippen molar-refractivity contribution in [2.75, 3.05) is 5.75 Å². The predicted molar refractivity (Wildman–Crippen MR) is 111 cm³/mol. The number of thioether (sulfide) groups is 1. The van der Waals surface area contributed by atoms with Gasteiger partial charge >= 0.3 is 0 Å². The molecule has 0 bridgehead atoms. The fourth-order valence-corrected chi connectivity index (χ4v) is 5.41. The molecule has 4 nitrogen and oxygen atoms in total. The Bertz CT molecular complexity index is 780. The van der Waals surface area contributed by atoms with Crippen molar-refractivity contribution < 1.29 is 4.79 Å². The van der Waals surface area contributed by atoms with Crippen LogP contribution >= 0.6 is 11.8 Å². The summed E-state index contributed by atoms with van der Waals surface area (Å²) in [5.74, 6) is 1.73. The molecule has 1 amide bonds. The minimum atomic E-state index is 0.278. The fourth-order valence-electron chi connectivity index (χ4n) is 4.54. The zero-order chi connectivity index (χ0) is 18.6. The summed E-state index contributed by atoms with van der Waals surface area (Å²) in [6, 6.07) is 10.8. The third-order valence-corrected chi connectivity index (χ3v) is 6.93. The Morgan fingerprint density at radius 3 is 2.74 bits per heavy atom. The molecule has 2 aliphatic carbocycles. The lowest BCUT2D eigenvalue weighted by Crippen LogP contribution is -2.39. The van der Waals surface area contributed by atoms with E-state index in [2.05, 4.69) is 29.2 Å². The monoisotopic (exact) mass is 383 g/mol. The highest BCUT2D eigenvalue weighted by Crippen LogP contribution is 2.29. The Labute approximate surface area is 166 Å². The summed E-state index contributed by atoms with van der Waals surface area (Å²) < 4.78 is 2.04. The number of hydrogen-bond acceptors (Lipinski definition) is 3. The van der Waals surface area contributed by atoms with Gasteiger partial charge in [-0.3, -0.25) is 9.48 Å². The van der Waals surface area contributed by atoms with Crippen molar-refractivity contribution in [3.63, 3.8) is 0 Å². The molecule has 0 unspecified atom stereocenters. The number of nitrogens with zero attached hydrogens (tertiary/aromatic N) is 3. The van der Waals surface area contributed by atoms with Crippen LogP contribution in [0.4, 0.5) is 0 Å². The first-order valence-electron chi connectivity index (χ1n) is 10.2. The van der Waals surface area contributed by atoms with E-state index in [0.717, 1.165) is 37.1 Å². The first-order valence-corrected chi connectivity index (χ1v) is 11.3. The van der Waals surface area contributed by atoms with E-state index in [1.54, 1.807) is 11.8 Å². The Morgan fingerprint density at radius 1 is 1.19 bits per heavy atom. The molecule has 1 heterocycles. The summed E-state index contributed by atoms with van der Waals surface area (Å²) in [5.41, 5.74) is 5.20. The molecule has 1 aromatic carbocycles. The lowest BCUT2D eigenvalue weighted by Gasteiger charge is -2.28. The van der Waals surface area contributed by atoms with Crippen LogP contribution in [0.15, 0.2) is 30.3 Å². The van der Waals surface area contributed by atoms with Crippen LogP contribution in [0, 0.1) is 0 Å². The predicted octanol–water partition coefficient (Wildman–Crippen LogP) is 4.11. The van der Waals surface area contributed by atoms with Crippen LogP contribution in [0.3, 0.4) is 0 Å². The van der Waals surface area contributed by atoms with E-state index < -0.39 is 0 Å². The van der Waals surface area contributed by atoms with Crippen molar-refractivity contribution in [1.82, 2.24) is 14.7 Å². The van der Waals surface area contributed by atoms with Crippen molar-refractivity contribution in [3.8, 4) is 0 Å². The van der Waals surface area contributed by atoms with Crippen LogP contribution in [0.25, 0.3) is 0 Å². The summed E-state index contributed by atoms with van der Waals surface area (Å²) >= 11 is 1.73. The van der Waals surface area contributed by atoms with E-state index in [0.29, 0.717) is 18.3 Å². The number of carbonyl (C=O) groups excluding carboxylic acids is 1. The van der Waals surface area contributed by atoms with E-state index in [9.17, 15) is 4.79 Å². The quantitative estimate of drug-likeness (QED) is 0.722. The molecule has 27 heavy (non-hydrogen) atoms. The van der Waals surface area contributed by atoms with E-state index in [1.165, 1.54) is 36.1 Å². The standard InChI is InChI=1S/C22H29N3OS/c1-24-21-13-7-12-19(21)20(23-24)14-25(18-10-5-6-11-18)22(26)16-27-15-17-8-3-2-4-9-17/h2-4,8-9,18H,5-7,10-16H2,1H3. The molecule has 0 N–H and O–H groups in total. The molecular weight excluding hydrogens is 354 g/mol. The summed E-state index contributed by atoms with van der Waals surface area (Å²) in [4.78, 5) is 15.2. The highest BCUT2D eigenvalue weighted by molar-refractivity contribution is 7.99. The largest absolute Gasteiger partial charge is 0.333 e. The SMILES string of the molecule is Cn1nc(CN(C(=O)CSCc2ccccc2)C2CCCC2)c2c1CCC2. The Morgan fingerprint density at radius 2 is 1.96 bits per heavy atom.